The van der Waals surface area contributed by atoms with Crippen LogP contribution >= 0.6 is 0 Å². The highest BCUT2D eigenvalue weighted by atomic mass is 16.5. The van der Waals surface area contributed by atoms with E-state index < -0.39 is 0 Å². The van der Waals surface area contributed by atoms with Crippen molar-refractivity contribution in [3.63, 3.8) is 0 Å². The van der Waals surface area contributed by atoms with Gasteiger partial charge in [0, 0.05) is 43.1 Å². The zero-order chi connectivity index (χ0) is 20.8. The van der Waals surface area contributed by atoms with E-state index in [0.29, 0.717) is 18.5 Å². The quantitative estimate of drug-likeness (QED) is 0.810. The summed E-state index contributed by atoms with van der Waals surface area (Å²) < 4.78 is 7.27. The molecule has 3 rings (SSSR count). The molecule has 0 radical (unpaired) electrons. The summed E-state index contributed by atoms with van der Waals surface area (Å²) in [6.45, 7) is 5.97. The van der Waals surface area contributed by atoms with Crippen molar-refractivity contribution in [1.29, 1.82) is 0 Å². The van der Waals surface area contributed by atoms with Gasteiger partial charge < -0.3 is 19.5 Å². The third-order valence-electron chi connectivity index (χ3n) is 5.59. The zero-order valence-electron chi connectivity index (χ0n) is 17.7. The second-order valence-corrected chi connectivity index (χ2v) is 7.62. The predicted octanol–water partition coefficient (Wildman–Crippen LogP) is 3.63. The lowest BCUT2D eigenvalue weighted by Gasteiger charge is -2.20. The number of ether oxygens (including phenoxy) is 1. The van der Waals surface area contributed by atoms with Gasteiger partial charge in [0.15, 0.2) is 0 Å². The van der Waals surface area contributed by atoms with Gasteiger partial charge >= 0.3 is 0 Å². The van der Waals surface area contributed by atoms with Crippen LogP contribution in [0.15, 0.2) is 30.3 Å². The summed E-state index contributed by atoms with van der Waals surface area (Å²) in [5.74, 6) is 0.792. The second-order valence-electron chi connectivity index (χ2n) is 7.62. The molecule has 0 bridgehead atoms. The maximum atomic E-state index is 12.7. The van der Waals surface area contributed by atoms with E-state index in [-0.39, 0.29) is 11.8 Å². The van der Waals surface area contributed by atoms with E-state index >= 15 is 0 Å². The van der Waals surface area contributed by atoms with Crippen molar-refractivity contribution in [2.75, 3.05) is 26.7 Å². The molecule has 0 atom stereocenters. The Bertz CT molecular complexity index is 847. The topological polar surface area (TPSA) is 63.6 Å². The molecule has 0 saturated carbocycles. The van der Waals surface area contributed by atoms with Crippen LogP contribution in [0.3, 0.4) is 0 Å². The third-order valence-corrected chi connectivity index (χ3v) is 5.59. The van der Waals surface area contributed by atoms with Gasteiger partial charge in [-0.25, -0.2) is 0 Å². The number of carbonyl (C=O) groups is 2. The molecular formula is C23H31N3O3. The lowest BCUT2D eigenvalue weighted by Crippen LogP contribution is -2.35. The lowest BCUT2D eigenvalue weighted by molar-refractivity contribution is -0.131. The van der Waals surface area contributed by atoms with Crippen LogP contribution in [0.2, 0.25) is 0 Å². The molecule has 1 aliphatic heterocycles. The van der Waals surface area contributed by atoms with Crippen LogP contribution in [0.25, 0.3) is 5.69 Å². The van der Waals surface area contributed by atoms with Gasteiger partial charge in [-0.15, -0.1) is 0 Å². The van der Waals surface area contributed by atoms with E-state index in [0.717, 1.165) is 48.8 Å². The lowest BCUT2D eigenvalue weighted by atomic mass is 10.2. The Morgan fingerprint density at radius 1 is 1.03 bits per heavy atom. The van der Waals surface area contributed by atoms with Crippen molar-refractivity contribution in [2.24, 2.45) is 0 Å². The average Bonchev–Trinajstić information content (AvgIpc) is 2.91. The fraction of sp³-hybridized carbons (Fsp3) is 0.478. The van der Waals surface area contributed by atoms with E-state index in [2.05, 4.69) is 9.88 Å². The number of carbonyl (C=O) groups excluding carboxylic acids is 2. The predicted molar refractivity (Wildman–Crippen MR) is 114 cm³/mol. The Labute approximate surface area is 172 Å². The summed E-state index contributed by atoms with van der Waals surface area (Å²) >= 11 is 0. The molecule has 2 heterocycles. The fourth-order valence-electron chi connectivity index (χ4n) is 3.98. The molecule has 2 amide bonds. The van der Waals surface area contributed by atoms with Crippen LogP contribution in [0.1, 0.15) is 53.8 Å². The van der Waals surface area contributed by atoms with E-state index in [1.165, 1.54) is 12.8 Å². The van der Waals surface area contributed by atoms with Crippen molar-refractivity contribution < 1.29 is 14.3 Å². The standard InChI is InChI=1S/C23H31N3O3/c1-17-16-21(18(2)26(17)19-8-10-20(29-3)11-9-19)23(28)24-13-12-22(27)25-14-6-4-5-7-15-25/h8-11,16H,4-7,12-15H2,1-3H3,(H,24,28). The molecule has 1 aliphatic rings. The number of rotatable bonds is 6. The second kappa shape index (κ2) is 9.63. The van der Waals surface area contributed by atoms with E-state index in [9.17, 15) is 9.59 Å². The summed E-state index contributed by atoms with van der Waals surface area (Å²) in [7, 11) is 1.64. The van der Waals surface area contributed by atoms with Crippen LogP contribution in [0.4, 0.5) is 0 Å². The number of aromatic nitrogens is 1. The molecule has 0 aliphatic carbocycles. The molecule has 6 heteroatoms. The number of benzene rings is 1. The normalized spacial score (nSPS) is 14.4. The molecule has 29 heavy (non-hydrogen) atoms. The Morgan fingerprint density at radius 3 is 2.31 bits per heavy atom. The van der Waals surface area contributed by atoms with Gasteiger partial charge in [-0.3, -0.25) is 9.59 Å². The Balaban J connectivity index is 1.61. The largest absolute Gasteiger partial charge is 0.497 e. The first kappa shape index (κ1) is 21.0. The zero-order valence-corrected chi connectivity index (χ0v) is 17.7. The average molecular weight is 398 g/mol. The van der Waals surface area contributed by atoms with Crippen LogP contribution in [-0.2, 0) is 4.79 Å². The number of likely N-dealkylation sites (tertiary alicyclic amines) is 1. The highest BCUT2D eigenvalue weighted by Gasteiger charge is 2.18. The van der Waals surface area contributed by atoms with Gasteiger partial charge in [-0.05, 0) is 57.0 Å². The summed E-state index contributed by atoms with van der Waals surface area (Å²) in [6.07, 6.45) is 4.91. The Hall–Kier alpha value is -2.76. The first-order valence-corrected chi connectivity index (χ1v) is 10.4. The van der Waals surface area contributed by atoms with Crippen LogP contribution < -0.4 is 10.1 Å². The Morgan fingerprint density at radius 2 is 1.69 bits per heavy atom. The van der Waals surface area contributed by atoms with Crippen LogP contribution in [0.5, 0.6) is 5.75 Å². The maximum absolute atomic E-state index is 12.7. The SMILES string of the molecule is COc1ccc(-n2c(C)cc(C(=O)NCCC(=O)N3CCCCCC3)c2C)cc1. The molecule has 1 aromatic heterocycles. The van der Waals surface area contributed by atoms with Gasteiger partial charge in [0.25, 0.3) is 5.91 Å². The van der Waals surface area contributed by atoms with Crippen molar-refractivity contribution in [2.45, 2.75) is 46.0 Å². The van der Waals surface area contributed by atoms with Crippen molar-refractivity contribution in [1.82, 2.24) is 14.8 Å². The van der Waals surface area contributed by atoms with E-state index in [1.54, 1.807) is 7.11 Å². The van der Waals surface area contributed by atoms with Gasteiger partial charge in [-0.1, -0.05) is 12.8 Å². The molecule has 0 unspecified atom stereocenters. The number of nitrogens with one attached hydrogen (secondary N) is 1. The summed E-state index contributed by atoms with van der Waals surface area (Å²) in [6, 6.07) is 9.65. The Kier molecular flexibility index (Phi) is 6.96. The van der Waals surface area contributed by atoms with Crippen LogP contribution in [0, 0.1) is 13.8 Å². The number of amides is 2. The smallest absolute Gasteiger partial charge is 0.253 e. The van der Waals surface area contributed by atoms with Crippen molar-refractivity contribution in [3.05, 3.63) is 47.3 Å². The summed E-state index contributed by atoms with van der Waals surface area (Å²) in [5.41, 5.74) is 3.49. The first-order chi connectivity index (χ1) is 14.0. The van der Waals surface area contributed by atoms with Gasteiger partial charge in [0.2, 0.25) is 5.91 Å². The first-order valence-electron chi connectivity index (χ1n) is 10.4. The molecular weight excluding hydrogens is 366 g/mol. The third kappa shape index (κ3) is 5.00. The number of methoxy groups -OCH3 is 1. The van der Waals surface area contributed by atoms with Gasteiger partial charge in [0.05, 0.1) is 12.7 Å². The van der Waals surface area contributed by atoms with E-state index in [4.69, 9.17) is 4.74 Å². The van der Waals surface area contributed by atoms with Crippen molar-refractivity contribution >= 4 is 11.8 Å². The molecule has 0 spiro atoms. The highest BCUT2D eigenvalue weighted by molar-refractivity contribution is 5.96. The number of hydrogen-bond acceptors (Lipinski definition) is 3. The highest BCUT2D eigenvalue weighted by Crippen LogP contribution is 2.22. The minimum absolute atomic E-state index is 0.135. The molecule has 156 valence electrons. The summed E-state index contributed by atoms with van der Waals surface area (Å²) in [5, 5.41) is 2.92. The maximum Gasteiger partial charge on any atom is 0.253 e. The number of hydrogen-bond donors (Lipinski definition) is 1. The molecule has 1 fully saturated rings. The van der Waals surface area contributed by atoms with Crippen molar-refractivity contribution in [3.8, 4) is 11.4 Å². The fourth-order valence-corrected chi connectivity index (χ4v) is 3.98. The molecule has 1 N–H and O–H groups in total. The minimum atomic E-state index is -0.137. The molecule has 6 nitrogen and oxygen atoms in total. The van der Waals surface area contributed by atoms with Crippen LogP contribution in [-0.4, -0.2) is 48.0 Å². The monoisotopic (exact) mass is 397 g/mol. The van der Waals surface area contributed by atoms with E-state index in [1.807, 2.05) is 49.1 Å². The number of aryl methyl sites for hydroxylation is 1. The van der Waals surface area contributed by atoms with Gasteiger partial charge in [-0.2, -0.15) is 0 Å². The molecule has 2 aromatic rings. The summed E-state index contributed by atoms with van der Waals surface area (Å²) in [4.78, 5) is 27.0. The number of nitrogens with zero attached hydrogens (tertiary/aromatic N) is 2. The minimum Gasteiger partial charge on any atom is -0.497 e. The molecule has 1 saturated heterocycles. The van der Waals surface area contributed by atoms with Gasteiger partial charge in [0.1, 0.15) is 5.75 Å². The molecule has 1 aromatic carbocycles.